The average molecular weight is 262 g/mol. The van der Waals surface area contributed by atoms with Crippen molar-refractivity contribution in [3.8, 4) is 0 Å². The Balaban J connectivity index is 2.26. The second kappa shape index (κ2) is 5.30. The molecule has 1 amide bonds. The summed E-state index contributed by atoms with van der Waals surface area (Å²) in [6.45, 7) is 2.34. The van der Waals surface area contributed by atoms with Crippen LogP contribution in [0.5, 0.6) is 0 Å². The molecule has 0 aliphatic carbocycles. The van der Waals surface area contributed by atoms with Crippen LogP contribution in [0.3, 0.4) is 0 Å². The topological polar surface area (TPSA) is 60.9 Å². The van der Waals surface area contributed by atoms with Gasteiger partial charge in [-0.3, -0.25) is 19.6 Å². The number of aliphatic carboxylic acids is 1. The SMILES string of the molecule is CC(Cc1ccccc1N1CCC(=O)N1C)C(=O)O. The summed E-state index contributed by atoms with van der Waals surface area (Å²) in [5.74, 6) is -1.16. The molecule has 0 radical (unpaired) electrons. The fourth-order valence-electron chi connectivity index (χ4n) is 2.28. The zero-order valence-corrected chi connectivity index (χ0v) is 11.2. The normalized spacial score (nSPS) is 16.8. The second-order valence-electron chi connectivity index (χ2n) is 4.86. The van der Waals surface area contributed by atoms with Crippen LogP contribution in [0.1, 0.15) is 18.9 Å². The van der Waals surface area contributed by atoms with Crippen LogP contribution in [-0.4, -0.2) is 35.6 Å². The summed E-state index contributed by atoms with van der Waals surface area (Å²) in [7, 11) is 1.74. The molecule has 1 aliphatic rings. The first-order chi connectivity index (χ1) is 9.00. The van der Waals surface area contributed by atoms with Gasteiger partial charge in [0.1, 0.15) is 0 Å². The lowest BCUT2D eigenvalue weighted by molar-refractivity contribution is -0.141. The van der Waals surface area contributed by atoms with Gasteiger partial charge in [-0.25, -0.2) is 0 Å². The molecule has 0 saturated carbocycles. The molecule has 1 N–H and O–H groups in total. The Labute approximate surface area is 112 Å². The zero-order valence-electron chi connectivity index (χ0n) is 11.2. The summed E-state index contributed by atoms with van der Waals surface area (Å²) in [4.78, 5) is 22.6. The molecule has 1 aliphatic heterocycles. The van der Waals surface area contributed by atoms with E-state index in [2.05, 4.69) is 0 Å². The van der Waals surface area contributed by atoms with Crippen LogP contribution in [0.2, 0.25) is 0 Å². The molecule has 2 rings (SSSR count). The first-order valence-electron chi connectivity index (χ1n) is 6.35. The smallest absolute Gasteiger partial charge is 0.306 e. The van der Waals surface area contributed by atoms with Gasteiger partial charge in [-0.2, -0.15) is 0 Å². The monoisotopic (exact) mass is 262 g/mol. The van der Waals surface area contributed by atoms with E-state index in [1.54, 1.807) is 19.0 Å². The molecule has 0 aromatic heterocycles. The van der Waals surface area contributed by atoms with E-state index in [1.807, 2.05) is 29.3 Å². The Morgan fingerprint density at radius 1 is 1.42 bits per heavy atom. The Hall–Kier alpha value is -2.04. The number of hydrazine groups is 1. The molecular formula is C14H18N2O3. The third-order valence-electron chi connectivity index (χ3n) is 3.48. The van der Waals surface area contributed by atoms with Crippen molar-refractivity contribution in [3.05, 3.63) is 29.8 Å². The highest BCUT2D eigenvalue weighted by molar-refractivity contribution is 5.82. The lowest BCUT2D eigenvalue weighted by Crippen LogP contribution is -2.36. The summed E-state index contributed by atoms with van der Waals surface area (Å²) in [5.41, 5.74) is 1.88. The van der Waals surface area contributed by atoms with Gasteiger partial charge in [0, 0.05) is 20.0 Å². The van der Waals surface area contributed by atoms with Crippen molar-refractivity contribution in [2.75, 3.05) is 18.6 Å². The van der Waals surface area contributed by atoms with Crippen LogP contribution in [-0.2, 0) is 16.0 Å². The van der Waals surface area contributed by atoms with E-state index in [4.69, 9.17) is 5.11 Å². The molecule has 1 fully saturated rings. The third kappa shape index (κ3) is 2.70. The molecule has 1 unspecified atom stereocenters. The van der Waals surface area contributed by atoms with Crippen molar-refractivity contribution in [2.24, 2.45) is 5.92 Å². The van der Waals surface area contributed by atoms with Crippen molar-refractivity contribution >= 4 is 17.6 Å². The molecule has 102 valence electrons. The van der Waals surface area contributed by atoms with Crippen LogP contribution in [0, 0.1) is 5.92 Å². The summed E-state index contributed by atoms with van der Waals surface area (Å²) in [6.07, 6.45) is 0.962. The lowest BCUT2D eigenvalue weighted by atomic mass is 9.99. The van der Waals surface area contributed by atoms with E-state index in [0.717, 1.165) is 11.3 Å². The number of amides is 1. The number of para-hydroxylation sites is 1. The zero-order chi connectivity index (χ0) is 14.0. The molecule has 1 aromatic carbocycles. The molecule has 1 atom stereocenters. The van der Waals surface area contributed by atoms with Crippen molar-refractivity contribution in [1.29, 1.82) is 0 Å². The summed E-state index contributed by atoms with van der Waals surface area (Å²) >= 11 is 0. The minimum Gasteiger partial charge on any atom is -0.481 e. The van der Waals surface area contributed by atoms with Gasteiger partial charge in [0.15, 0.2) is 0 Å². The van der Waals surface area contributed by atoms with Gasteiger partial charge in [-0.15, -0.1) is 0 Å². The third-order valence-corrected chi connectivity index (χ3v) is 3.48. The van der Waals surface area contributed by atoms with Gasteiger partial charge >= 0.3 is 5.97 Å². The van der Waals surface area contributed by atoms with E-state index in [-0.39, 0.29) is 5.91 Å². The Morgan fingerprint density at radius 3 is 2.68 bits per heavy atom. The largest absolute Gasteiger partial charge is 0.481 e. The van der Waals surface area contributed by atoms with Gasteiger partial charge in [0.2, 0.25) is 5.91 Å². The standard InChI is InChI=1S/C14H18N2O3/c1-10(14(18)19)9-11-5-3-4-6-12(11)16-8-7-13(17)15(16)2/h3-6,10H,7-9H2,1-2H3,(H,18,19). The number of carboxylic acids is 1. The Morgan fingerprint density at radius 2 is 2.11 bits per heavy atom. The molecule has 5 heteroatoms. The lowest BCUT2D eigenvalue weighted by Gasteiger charge is -2.28. The summed E-state index contributed by atoms with van der Waals surface area (Å²) in [5, 5.41) is 12.5. The number of hydrogen-bond acceptors (Lipinski definition) is 3. The average Bonchev–Trinajstić information content (AvgIpc) is 2.71. The molecule has 1 aromatic rings. The highest BCUT2D eigenvalue weighted by atomic mass is 16.4. The van der Waals surface area contributed by atoms with Gasteiger partial charge in [-0.1, -0.05) is 25.1 Å². The van der Waals surface area contributed by atoms with Crippen LogP contribution < -0.4 is 5.01 Å². The molecule has 5 nitrogen and oxygen atoms in total. The number of hydrogen-bond donors (Lipinski definition) is 1. The van der Waals surface area contributed by atoms with Crippen molar-refractivity contribution in [3.63, 3.8) is 0 Å². The van der Waals surface area contributed by atoms with Crippen LogP contribution in [0.4, 0.5) is 5.69 Å². The number of nitrogens with zero attached hydrogens (tertiary/aromatic N) is 2. The first-order valence-corrected chi connectivity index (χ1v) is 6.35. The molecular weight excluding hydrogens is 244 g/mol. The molecule has 1 saturated heterocycles. The van der Waals surface area contributed by atoms with E-state index in [1.165, 1.54) is 0 Å². The first kappa shape index (κ1) is 13.4. The second-order valence-corrected chi connectivity index (χ2v) is 4.86. The van der Waals surface area contributed by atoms with E-state index < -0.39 is 11.9 Å². The number of carbonyl (C=O) groups excluding carboxylic acids is 1. The van der Waals surface area contributed by atoms with E-state index >= 15 is 0 Å². The maximum absolute atomic E-state index is 11.6. The fourth-order valence-corrected chi connectivity index (χ4v) is 2.28. The quantitative estimate of drug-likeness (QED) is 0.894. The minimum absolute atomic E-state index is 0.0843. The fraction of sp³-hybridized carbons (Fsp3) is 0.429. The maximum atomic E-state index is 11.6. The highest BCUT2D eigenvalue weighted by Crippen LogP contribution is 2.27. The Kier molecular flexibility index (Phi) is 3.74. The molecule has 0 spiro atoms. The number of carboxylic acid groups (broad SMARTS) is 1. The van der Waals surface area contributed by atoms with Gasteiger partial charge in [0.25, 0.3) is 0 Å². The number of anilines is 1. The van der Waals surface area contributed by atoms with Gasteiger partial charge in [-0.05, 0) is 18.1 Å². The number of rotatable bonds is 4. The van der Waals surface area contributed by atoms with E-state index in [9.17, 15) is 9.59 Å². The maximum Gasteiger partial charge on any atom is 0.306 e. The predicted octanol–water partition coefficient (Wildman–Crippen LogP) is 1.53. The van der Waals surface area contributed by atoms with Crippen molar-refractivity contribution in [2.45, 2.75) is 19.8 Å². The molecule has 19 heavy (non-hydrogen) atoms. The van der Waals surface area contributed by atoms with Crippen LogP contribution in [0.15, 0.2) is 24.3 Å². The Bertz CT molecular complexity index is 501. The van der Waals surface area contributed by atoms with Gasteiger partial charge < -0.3 is 5.11 Å². The summed E-state index contributed by atoms with van der Waals surface area (Å²) < 4.78 is 0. The predicted molar refractivity (Wildman–Crippen MR) is 71.7 cm³/mol. The van der Waals surface area contributed by atoms with Gasteiger partial charge in [0.05, 0.1) is 11.6 Å². The minimum atomic E-state index is -0.805. The number of carbonyl (C=O) groups is 2. The van der Waals surface area contributed by atoms with E-state index in [0.29, 0.717) is 19.4 Å². The molecule has 1 heterocycles. The summed E-state index contributed by atoms with van der Waals surface area (Å²) in [6, 6.07) is 7.65. The highest BCUT2D eigenvalue weighted by Gasteiger charge is 2.27. The van der Waals surface area contributed by atoms with Crippen molar-refractivity contribution < 1.29 is 14.7 Å². The van der Waals surface area contributed by atoms with Crippen LogP contribution in [0.25, 0.3) is 0 Å². The molecule has 0 bridgehead atoms. The number of benzene rings is 1. The van der Waals surface area contributed by atoms with Crippen molar-refractivity contribution in [1.82, 2.24) is 5.01 Å². The van der Waals surface area contributed by atoms with Crippen LogP contribution >= 0.6 is 0 Å².